The van der Waals surface area contributed by atoms with Crippen LogP contribution in [0.4, 0.5) is 0 Å². The number of nitrogens with zero attached hydrogens (tertiary/aromatic N) is 1. The zero-order chi connectivity index (χ0) is 12.9. The number of hydrogen-bond donors (Lipinski definition) is 1. The molecule has 17 heavy (non-hydrogen) atoms. The average Bonchev–Trinajstić information content (AvgIpc) is 2.38. The summed E-state index contributed by atoms with van der Waals surface area (Å²) >= 11 is 0. The molecule has 1 rings (SSSR count). The van der Waals surface area contributed by atoms with Crippen LogP contribution >= 0.6 is 0 Å². The van der Waals surface area contributed by atoms with E-state index >= 15 is 0 Å². The lowest BCUT2D eigenvalue weighted by Crippen LogP contribution is -2.47. The smallest absolute Gasteiger partial charge is 0.309 e. The molecule has 0 aromatic heterocycles. The van der Waals surface area contributed by atoms with E-state index in [2.05, 4.69) is 4.90 Å². The molecule has 1 heterocycles. The van der Waals surface area contributed by atoms with Gasteiger partial charge in [0.2, 0.25) is 0 Å². The lowest BCUT2D eigenvalue weighted by atomic mass is 9.93. The van der Waals surface area contributed by atoms with Gasteiger partial charge in [0.25, 0.3) is 0 Å². The minimum absolute atomic E-state index is 0.0216. The first-order valence-electron chi connectivity index (χ1n) is 6.57. The van der Waals surface area contributed by atoms with Crippen molar-refractivity contribution in [2.24, 2.45) is 5.92 Å². The number of ether oxygens (including phenoxy) is 1. The number of esters is 1. The minimum Gasteiger partial charge on any atom is -0.469 e. The highest BCUT2D eigenvalue weighted by molar-refractivity contribution is 5.72. The number of carbonyl (C=O) groups is 1. The Balaban J connectivity index is 2.52. The topological polar surface area (TPSA) is 49.8 Å². The Hall–Kier alpha value is -0.610. The maximum atomic E-state index is 11.5. The van der Waals surface area contributed by atoms with Gasteiger partial charge in [0.1, 0.15) is 0 Å². The second-order valence-corrected chi connectivity index (χ2v) is 5.03. The van der Waals surface area contributed by atoms with E-state index in [9.17, 15) is 9.90 Å². The molecule has 0 aromatic carbocycles. The maximum absolute atomic E-state index is 11.5. The number of hydrogen-bond acceptors (Lipinski definition) is 4. The first-order chi connectivity index (χ1) is 8.04. The van der Waals surface area contributed by atoms with Crippen molar-refractivity contribution in [2.75, 3.05) is 26.7 Å². The van der Waals surface area contributed by atoms with E-state index in [0.29, 0.717) is 6.54 Å². The molecule has 0 unspecified atom stereocenters. The number of methoxy groups -OCH3 is 1. The van der Waals surface area contributed by atoms with Crippen LogP contribution in [0.5, 0.6) is 0 Å². The van der Waals surface area contributed by atoms with Crippen LogP contribution in [0.2, 0.25) is 0 Å². The van der Waals surface area contributed by atoms with Gasteiger partial charge in [-0.25, -0.2) is 0 Å². The summed E-state index contributed by atoms with van der Waals surface area (Å²) in [7, 11) is 1.44. The number of aliphatic hydroxyl groups is 1. The number of likely N-dealkylation sites (tertiary alicyclic amines) is 1. The molecule has 1 aliphatic heterocycles. The predicted molar refractivity (Wildman–Crippen MR) is 66.7 cm³/mol. The van der Waals surface area contributed by atoms with E-state index in [1.807, 2.05) is 13.8 Å². The third kappa shape index (κ3) is 3.96. The fourth-order valence-electron chi connectivity index (χ4n) is 2.45. The van der Waals surface area contributed by atoms with Gasteiger partial charge in [0.05, 0.1) is 18.6 Å². The second kappa shape index (κ2) is 6.36. The summed E-state index contributed by atoms with van der Waals surface area (Å²) < 4.78 is 4.79. The number of rotatable bonds is 5. The minimum atomic E-state index is -0.613. The molecule has 0 aromatic rings. The standard InChI is InChI=1S/C13H25NO3/c1-4-13(16,5-2)10-14-8-6-7-11(9-14)12(15)17-3/h11,16H,4-10H2,1-3H3/t11-/m0/s1. The second-order valence-electron chi connectivity index (χ2n) is 5.03. The highest BCUT2D eigenvalue weighted by Crippen LogP contribution is 2.22. The largest absolute Gasteiger partial charge is 0.469 e. The van der Waals surface area contributed by atoms with Crippen molar-refractivity contribution < 1.29 is 14.6 Å². The third-order valence-electron chi connectivity index (χ3n) is 3.87. The monoisotopic (exact) mass is 243 g/mol. The molecular formula is C13H25NO3. The number of piperidine rings is 1. The van der Waals surface area contributed by atoms with Gasteiger partial charge in [-0.2, -0.15) is 0 Å². The molecule has 1 aliphatic rings. The van der Waals surface area contributed by atoms with Crippen molar-refractivity contribution >= 4 is 5.97 Å². The lowest BCUT2D eigenvalue weighted by Gasteiger charge is -2.37. The molecule has 1 saturated heterocycles. The summed E-state index contributed by atoms with van der Waals surface area (Å²) in [6, 6.07) is 0. The SMILES string of the molecule is CCC(O)(CC)CN1CCC[C@H](C(=O)OC)C1. The Labute approximate surface area is 104 Å². The molecule has 0 spiro atoms. The summed E-state index contributed by atoms with van der Waals surface area (Å²) in [5.74, 6) is -0.141. The van der Waals surface area contributed by atoms with E-state index in [1.54, 1.807) is 0 Å². The van der Waals surface area contributed by atoms with E-state index in [-0.39, 0.29) is 11.9 Å². The Bertz CT molecular complexity index is 251. The van der Waals surface area contributed by atoms with Gasteiger partial charge in [-0.05, 0) is 32.2 Å². The fourth-order valence-corrected chi connectivity index (χ4v) is 2.45. The van der Waals surface area contributed by atoms with Gasteiger partial charge in [0, 0.05) is 13.1 Å². The van der Waals surface area contributed by atoms with E-state index in [1.165, 1.54) is 7.11 Å². The Morgan fingerprint density at radius 3 is 2.65 bits per heavy atom. The quantitative estimate of drug-likeness (QED) is 0.742. The molecule has 4 nitrogen and oxygen atoms in total. The molecule has 1 atom stereocenters. The first-order valence-corrected chi connectivity index (χ1v) is 6.57. The average molecular weight is 243 g/mol. The summed E-state index contributed by atoms with van der Waals surface area (Å²) in [5, 5.41) is 10.3. The molecule has 0 saturated carbocycles. The van der Waals surface area contributed by atoms with Gasteiger partial charge in [0.15, 0.2) is 0 Å². The molecule has 1 N–H and O–H groups in total. The van der Waals surface area contributed by atoms with Crippen molar-refractivity contribution in [3.05, 3.63) is 0 Å². The summed E-state index contributed by atoms with van der Waals surface area (Å²) in [6.07, 6.45) is 3.41. The lowest BCUT2D eigenvalue weighted by molar-refractivity contribution is -0.148. The zero-order valence-electron chi connectivity index (χ0n) is 11.2. The van der Waals surface area contributed by atoms with Crippen LogP contribution in [-0.4, -0.2) is 48.3 Å². The highest BCUT2D eigenvalue weighted by atomic mass is 16.5. The van der Waals surface area contributed by atoms with Gasteiger partial charge in [-0.15, -0.1) is 0 Å². The zero-order valence-corrected chi connectivity index (χ0v) is 11.2. The van der Waals surface area contributed by atoms with Crippen molar-refractivity contribution in [3.8, 4) is 0 Å². The van der Waals surface area contributed by atoms with E-state index in [0.717, 1.165) is 38.8 Å². The van der Waals surface area contributed by atoms with E-state index in [4.69, 9.17) is 4.74 Å². The van der Waals surface area contributed by atoms with Gasteiger partial charge < -0.3 is 9.84 Å². The molecule has 0 radical (unpaired) electrons. The Kier molecular flexibility index (Phi) is 5.40. The Morgan fingerprint density at radius 2 is 2.12 bits per heavy atom. The highest BCUT2D eigenvalue weighted by Gasteiger charge is 2.31. The third-order valence-corrected chi connectivity index (χ3v) is 3.87. The van der Waals surface area contributed by atoms with Gasteiger partial charge in [-0.3, -0.25) is 9.69 Å². The summed E-state index contributed by atoms with van der Waals surface area (Å²) in [4.78, 5) is 13.7. The van der Waals surface area contributed by atoms with Crippen molar-refractivity contribution in [2.45, 2.75) is 45.1 Å². The number of carbonyl (C=O) groups excluding carboxylic acids is 1. The molecule has 0 aliphatic carbocycles. The molecule has 0 amide bonds. The van der Waals surface area contributed by atoms with Crippen molar-refractivity contribution in [1.82, 2.24) is 4.90 Å². The van der Waals surface area contributed by atoms with Crippen LogP contribution in [0.3, 0.4) is 0 Å². The maximum Gasteiger partial charge on any atom is 0.309 e. The molecular weight excluding hydrogens is 218 g/mol. The normalized spacial score (nSPS) is 22.5. The van der Waals surface area contributed by atoms with Crippen LogP contribution < -0.4 is 0 Å². The fraction of sp³-hybridized carbons (Fsp3) is 0.923. The molecule has 1 fully saturated rings. The van der Waals surface area contributed by atoms with Crippen molar-refractivity contribution in [3.63, 3.8) is 0 Å². The van der Waals surface area contributed by atoms with Crippen LogP contribution in [-0.2, 0) is 9.53 Å². The summed E-state index contributed by atoms with van der Waals surface area (Å²) in [6.45, 7) is 6.36. The molecule has 100 valence electrons. The van der Waals surface area contributed by atoms with Crippen molar-refractivity contribution in [1.29, 1.82) is 0 Å². The van der Waals surface area contributed by atoms with Crippen LogP contribution in [0, 0.1) is 5.92 Å². The number of β-amino-alcohol motifs (C(OH)–C–C–N with tert-alkyl or cyclic N) is 1. The Morgan fingerprint density at radius 1 is 1.47 bits per heavy atom. The van der Waals surface area contributed by atoms with Crippen LogP contribution in [0.1, 0.15) is 39.5 Å². The van der Waals surface area contributed by atoms with Crippen LogP contribution in [0.25, 0.3) is 0 Å². The summed E-state index contributed by atoms with van der Waals surface area (Å²) in [5.41, 5.74) is -0.613. The first kappa shape index (κ1) is 14.5. The van der Waals surface area contributed by atoms with Crippen LogP contribution in [0.15, 0.2) is 0 Å². The predicted octanol–water partition coefficient (Wildman–Crippen LogP) is 1.42. The molecule has 0 bridgehead atoms. The van der Waals surface area contributed by atoms with E-state index < -0.39 is 5.60 Å². The molecule has 4 heteroatoms. The van der Waals surface area contributed by atoms with Gasteiger partial charge in [-0.1, -0.05) is 13.8 Å². The van der Waals surface area contributed by atoms with Gasteiger partial charge >= 0.3 is 5.97 Å².